The smallest absolute Gasteiger partial charge is 0.122 e. The molecule has 5 aliphatic rings. The number of nitrogens with zero attached hydrogens (tertiary/aromatic N) is 2. The molecule has 0 aliphatic carbocycles. The van der Waals surface area contributed by atoms with Crippen LogP contribution in [0.15, 0.2) is 47.7 Å². The topological polar surface area (TPSA) is 49.1 Å². The first kappa shape index (κ1) is 26.0. The minimum absolute atomic E-state index is 0.0524. The maximum atomic E-state index is 12.1. The van der Waals surface area contributed by atoms with Gasteiger partial charge >= 0.3 is 0 Å². The molecule has 0 aromatic carbocycles. The Labute approximate surface area is 227 Å². The summed E-state index contributed by atoms with van der Waals surface area (Å²) in [6, 6.07) is 4.05. The van der Waals surface area contributed by atoms with Gasteiger partial charge in [0.05, 0.1) is 29.8 Å². The number of hydrogen-bond donors (Lipinski definition) is 1. The van der Waals surface area contributed by atoms with Gasteiger partial charge in [0, 0.05) is 42.0 Å². The Morgan fingerprint density at radius 1 is 1.05 bits per heavy atom. The van der Waals surface area contributed by atoms with Crippen molar-refractivity contribution in [1.82, 2.24) is 9.80 Å². The summed E-state index contributed by atoms with van der Waals surface area (Å²) in [4.78, 5) is 5.34. The Bertz CT molecular complexity index is 981. The van der Waals surface area contributed by atoms with E-state index in [4.69, 9.17) is 9.15 Å². The third-order valence-electron chi connectivity index (χ3n) is 10.7. The second-order valence-corrected chi connectivity index (χ2v) is 14.3. The first-order valence-corrected chi connectivity index (χ1v) is 15.7. The standard InChI is InChI=1S/C31H46N2O3S/c1-4-15-35-17-12-25-7-5-23(3)27-10-14-31(29(34)33(25)27)19-30(21-37-31)13-9-26-22(2)6-8-28(32(26)20-30)24-11-16-36-18-24/h4,11-12,15-18,22-23,25-29,34H,5-10,13-14,19-21H2,1-3H3/b15-4-,17-12+/t22-,23-,25+,26+,27+,28?,29-,30+,31-/m1/s1. The third-order valence-corrected chi connectivity index (χ3v) is 12.6. The van der Waals surface area contributed by atoms with Gasteiger partial charge in [-0.3, -0.25) is 9.80 Å². The normalized spacial score (nSPS) is 45.1. The molecule has 9 atom stereocenters. The van der Waals surface area contributed by atoms with E-state index in [1.54, 1.807) is 6.26 Å². The molecule has 37 heavy (non-hydrogen) atoms. The fourth-order valence-corrected chi connectivity index (χ4v) is 10.6. The van der Waals surface area contributed by atoms with Crippen molar-refractivity contribution in [1.29, 1.82) is 0 Å². The molecule has 6 rings (SSSR count). The van der Waals surface area contributed by atoms with E-state index in [1.165, 1.54) is 56.4 Å². The molecule has 5 fully saturated rings. The number of piperidine rings is 4. The Kier molecular flexibility index (Phi) is 7.32. The van der Waals surface area contributed by atoms with Crippen LogP contribution in [0.5, 0.6) is 0 Å². The molecular formula is C31H46N2O3S. The van der Waals surface area contributed by atoms with Crippen molar-refractivity contribution in [2.24, 2.45) is 17.3 Å². The summed E-state index contributed by atoms with van der Waals surface area (Å²) in [6.45, 7) is 7.98. The molecule has 6 heteroatoms. The minimum Gasteiger partial charge on any atom is -0.473 e. The summed E-state index contributed by atoms with van der Waals surface area (Å²) in [5.74, 6) is 2.57. The summed E-state index contributed by atoms with van der Waals surface area (Å²) < 4.78 is 11.0. The molecule has 1 unspecified atom stereocenters. The number of aliphatic hydroxyl groups is 1. The molecule has 1 aromatic heterocycles. The van der Waals surface area contributed by atoms with Gasteiger partial charge in [-0.25, -0.2) is 0 Å². The summed E-state index contributed by atoms with van der Waals surface area (Å²) in [7, 11) is 0. The summed E-state index contributed by atoms with van der Waals surface area (Å²) in [5, 5.41) is 12.1. The molecule has 0 saturated carbocycles. The second kappa shape index (κ2) is 10.4. The highest BCUT2D eigenvalue weighted by Gasteiger charge is 2.60. The largest absolute Gasteiger partial charge is 0.473 e. The van der Waals surface area contributed by atoms with Crippen LogP contribution in [0.2, 0.25) is 0 Å². The molecule has 2 spiro atoms. The van der Waals surface area contributed by atoms with Crippen LogP contribution < -0.4 is 0 Å². The van der Waals surface area contributed by atoms with Crippen molar-refractivity contribution < 1.29 is 14.3 Å². The Morgan fingerprint density at radius 2 is 1.86 bits per heavy atom. The maximum absolute atomic E-state index is 12.1. The van der Waals surface area contributed by atoms with E-state index in [0.29, 0.717) is 29.5 Å². The predicted molar refractivity (Wildman–Crippen MR) is 150 cm³/mol. The van der Waals surface area contributed by atoms with Gasteiger partial charge in [0.15, 0.2) is 0 Å². The fraction of sp³-hybridized carbons (Fsp3) is 0.742. The summed E-state index contributed by atoms with van der Waals surface area (Å²) in [6.07, 6.45) is 22.0. The second-order valence-electron chi connectivity index (χ2n) is 12.9. The number of thioether (sulfide) groups is 1. The van der Waals surface area contributed by atoms with Gasteiger partial charge in [-0.1, -0.05) is 19.9 Å². The van der Waals surface area contributed by atoms with E-state index in [-0.39, 0.29) is 10.8 Å². The SMILES string of the molecule is C/C=C\O/C=C/[C@@H]1CC[C@@H](C)[C@@H]2CC[C@@]3(C[C@]4(CC[C@H]5[C@H](C)CCC(c6ccoc6)N5C4)CS3)[C@@H](O)N12. The molecule has 5 saturated heterocycles. The van der Waals surface area contributed by atoms with E-state index < -0.39 is 6.23 Å². The van der Waals surface area contributed by atoms with E-state index in [2.05, 4.69) is 47.6 Å². The van der Waals surface area contributed by atoms with Crippen molar-refractivity contribution in [3.63, 3.8) is 0 Å². The van der Waals surface area contributed by atoms with Crippen LogP contribution in [-0.4, -0.2) is 56.3 Å². The highest BCUT2D eigenvalue weighted by Crippen LogP contribution is 2.61. The van der Waals surface area contributed by atoms with Crippen LogP contribution in [0.3, 0.4) is 0 Å². The van der Waals surface area contributed by atoms with Gasteiger partial charge in [-0.15, -0.1) is 0 Å². The number of rotatable bonds is 4. The van der Waals surface area contributed by atoms with E-state index >= 15 is 0 Å². The predicted octanol–water partition coefficient (Wildman–Crippen LogP) is 6.72. The number of hydrogen-bond acceptors (Lipinski definition) is 6. The molecule has 204 valence electrons. The third kappa shape index (κ3) is 4.64. The zero-order valence-corrected chi connectivity index (χ0v) is 23.7. The first-order valence-electron chi connectivity index (χ1n) is 14.8. The van der Waals surface area contributed by atoms with Crippen LogP contribution in [0, 0.1) is 17.3 Å². The van der Waals surface area contributed by atoms with Crippen molar-refractivity contribution in [3.8, 4) is 0 Å². The monoisotopic (exact) mass is 526 g/mol. The van der Waals surface area contributed by atoms with Gasteiger partial charge in [-0.05, 0) is 94.1 Å². The Hall–Kier alpha value is -1.21. The van der Waals surface area contributed by atoms with Crippen LogP contribution in [-0.2, 0) is 4.74 Å². The van der Waals surface area contributed by atoms with Crippen molar-refractivity contribution in [2.75, 3.05) is 12.3 Å². The molecule has 0 amide bonds. The van der Waals surface area contributed by atoms with Crippen molar-refractivity contribution >= 4 is 11.8 Å². The lowest BCUT2D eigenvalue weighted by molar-refractivity contribution is -0.132. The average Bonchev–Trinajstić information content (AvgIpc) is 3.55. The van der Waals surface area contributed by atoms with E-state index in [0.717, 1.165) is 25.2 Å². The van der Waals surface area contributed by atoms with Crippen LogP contribution in [0.1, 0.15) is 90.2 Å². The lowest BCUT2D eigenvalue weighted by atomic mass is 9.67. The molecule has 0 radical (unpaired) electrons. The van der Waals surface area contributed by atoms with Gasteiger partial charge < -0.3 is 14.3 Å². The van der Waals surface area contributed by atoms with Crippen molar-refractivity contribution in [3.05, 3.63) is 48.8 Å². The number of allylic oxidation sites excluding steroid dienone is 1. The molecule has 5 nitrogen and oxygen atoms in total. The fourth-order valence-electron chi connectivity index (χ4n) is 8.74. The van der Waals surface area contributed by atoms with Crippen LogP contribution >= 0.6 is 11.8 Å². The Morgan fingerprint density at radius 3 is 2.68 bits per heavy atom. The lowest BCUT2D eigenvalue weighted by Gasteiger charge is -2.57. The number of aliphatic hydroxyl groups excluding tert-OH is 1. The van der Waals surface area contributed by atoms with Gasteiger partial charge in [0.2, 0.25) is 0 Å². The maximum Gasteiger partial charge on any atom is 0.122 e. The van der Waals surface area contributed by atoms with Gasteiger partial charge in [-0.2, -0.15) is 11.8 Å². The number of fused-ring (bicyclic) bond motifs is 2. The summed E-state index contributed by atoms with van der Waals surface area (Å²) >= 11 is 2.11. The van der Waals surface area contributed by atoms with Gasteiger partial charge in [0.1, 0.15) is 6.23 Å². The minimum atomic E-state index is -0.391. The molecule has 6 heterocycles. The lowest BCUT2D eigenvalue weighted by Crippen LogP contribution is -2.65. The molecule has 0 bridgehead atoms. The highest BCUT2D eigenvalue weighted by molar-refractivity contribution is 8.01. The quantitative estimate of drug-likeness (QED) is 0.440. The number of ether oxygens (including phenoxy) is 1. The van der Waals surface area contributed by atoms with Gasteiger partial charge in [0.25, 0.3) is 0 Å². The van der Waals surface area contributed by atoms with E-state index in [1.807, 2.05) is 31.8 Å². The molecule has 1 aromatic rings. The van der Waals surface area contributed by atoms with Crippen molar-refractivity contribution in [2.45, 2.75) is 114 Å². The molecule has 5 aliphatic heterocycles. The van der Waals surface area contributed by atoms with Crippen LogP contribution in [0.25, 0.3) is 0 Å². The first-order chi connectivity index (χ1) is 18.0. The summed E-state index contributed by atoms with van der Waals surface area (Å²) in [5.41, 5.74) is 1.66. The zero-order chi connectivity index (χ0) is 25.6. The molecule has 1 N–H and O–H groups in total. The molecular weight excluding hydrogens is 480 g/mol. The zero-order valence-electron chi connectivity index (χ0n) is 22.9. The number of furan rings is 1. The van der Waals surface area contributed by atoms with Crippen LogP contribution in [0.4, 0.5) is 0 Å². The van der Waals surface area contributed by atoms with E-state index in [9.17, 15) is 5.11 Å². The average molecular weight is 527 g/mol. The Balaban J connectivity index is 1.22. The highest BCUT2D eigenvalue weighted by atomic mass is 32.2.